The number of amides is 1. The Morgan fingerprint density at radius 3 is 2.56 bits per heavy atom. The molecule has 2 saturated heterocycles. The standard InChI is InChI=1S/C38H38ClN7O4/c1-21-23(7-6-10-26(21)41-34-32-28(14-17-40-34)44(2)37(49)45(3)36(32)48)24-8-5-9-25(33(24)39)27-19-22-11-12-29(31(22)35(42-27)50-4)46-18-16-38(20-46)15-13-30(47)43-38/h5-10,14,17,19,29H,11-13,15-16,18,20H2,1-4H3,(H,40,41)(H,43,47)/t29-,38+/m0/s1. The number of benzene rings is 2. The number of methoxy groups -OCH3 is 1. The number of fused-ring (bicyclic) bond motifs is 2. The van der Waals surface area contributed by atoms with Crippen molar-refractivity contribution in [3.63, 3.8) is 0 Å². The zero-order valence-corrected chi connectivity index (χ0v) is 29.2. The molecule has 3 aromatic heterocycles. The first kappa shape index (κ1) is 32.2. The number of carbonyl (C=O) groups is 1. The molecule has 1 amide bonds. The molecule has 2 fully saturated rings. The van der Waals surface area contributed by atoms with E-state index >= 15 is 0 Å². The molecule has 5 heterocycles. The van der Waals surface area contributed by atoms with Crippen LogP contribution in [0.3, 0.4) is 0 Å². The van der Waals surface area contributed by atoms with E-state index in [0.717, 1.165) is 82.5 Å². The molecule has 2 N–H and O–H groups in total. The predicted octanol–water partition coefficient (Wildman–Crippen LogP) is 5.42. The van der Waals surface area contributed by atoms with Gasteiger partial charge in [0.05, 0.1) is 28.9 Å². The zero-order valence-electron chi connectivity index (χ0n) is 28.5. The summed E-state index contributed by atoms with van der Waals surface area (Å²) < 4.78 is 8.47. The van der Waals surface area contributed by atoms with Crippen molar-refractivity contribution in [2.24, 2.45) is 14.1 Å². The number of likely N-dealkylation sites (tertiary alicyclic amines) is 1. The molecule has 256 valence electrons. The minimum atomic E-state index is -0.418. The van der Waals surface area contributed by atoms with E-state index in [1.807, 2.05) is 43.3 Å². The molecular formula is C38H38ClN7O4. The number of hydrogen-bond acceptors (Lipinski definition) is 8. The normalized spacial score (nSPS) is 20.1. The summed E-state index contributed by atoms with van der Waals surface area (Å²) in [7, 11) is 4.77. The molecule has 1 spiro atoms. The Balaban J connectivity index is 1.13. The zero-order chi connectivity index (χ0) is 34.9. The van der Waals surface area contributed by atoms with Gasteiger partial charge in [0.25, 0.3) is 5.56 Å². The fourth-order valence-corrected chi connectivity index (χ4v) is 8.56. The van der Waals surface area contributed by atoms with Gasteiger partial charge in [0.1, 0.15) is 11.2 Å². The Kier molecular flexibility index (Phi) is 7.80. The van der Waals surface area contributed by atoms with Crippen LogP contribution in [0.2, 0.25) is 5.02 Å². The van der Waals surface area contributed by atoms with Crippen LogP contribution in [0.15, 0.2) is 64.3 Å². The summed E-state index contributed by atoms with van der Waals surface area (Å²) in [6.45, 7) is 3.78. The van der Waals surface area contributed by atoms with Crippen LogP contribution in [0.25, 0.3) is 33.3 Å². The number of ether oxygens (including phenoxy) is 1. The van der Waals surface area contributed by atoms with Crippen LogP contribution in [-0.4, -0.2) is 55.6 Å². The topological polar surface area (TPSA) is 123 Å². The first-order chi connectivity index (χ1) is 24.1. The Labute approximate surface area is 293 Å². The number of anilines is 2. The highest BCUT2D eigenvalue weighted by atomic mass is 35.5. The van der Waals surface area contributed by atoms with Gasteiger partial charge in [-0.25, -0.2) is 14.8 Å². The van der Waals surface area contributed by atoms with E-state index in [1.165, 1.54) is 17.2 Å². The lowest BCUT2D eigenvalue weighted by Crippen LogP contribution is -2.44. The van der Waals surface area contributed by atoms with Gasteiger partial charge < -0.3 is 15.4 Å². The van der Waals surface area contributed by atoms with Crippen molar-refractivity contribution >= 4 is 39.9 Å². The van der Waals surface area contributed by atoms with Crippen LogP contribution in [0, 0.1) is 6.92 Å². The molecule has 0 saturated carbocycles. The average molecular weight is 692 g/mol. The summed E-state index contributed by atoms with van der Waals surface area (Å²) in [6, 6.07) is 15.8. The predicted molar refractivity (Wildman–Crippen MR) is 194 cm³/mol. The molecule has 12 heteroatoms. The number of halogens is 1. The van der Waals surface area contributed by atoms with Gasteiger partial charge in [0, 0.05) is 68.2 Å². The highest BCUT2D eigenvalue weighted by molar-refractivity contribution is 6.36. The molecule has 8 rings (SSSR count). The van der Waals surface area contributed by atoms with Crippen molar-refractivity contribution in [3.8, 4) is 28.3 Å². The summed E-state index contributed by atoms with van der Waals surface area (Å²) in [5.41, 5.74) is 6.90. The van der Waals surface area contributed by atoms with Gasteiger partial charge in [0.2, 0.25) is 11.8 Å². The lowest BCUT2D eigenvalue weighted by Gasteiger charge is -2.28. The molecule has 11 nitrogen and oxygen atoms in total. The van der Waals surface area contributed by atoms with Crippen LogP contribution in [0.4, 0.5) is 11.5 Å². The maximum Gasteiger partial charge on any atom is 0.330 e. The Bertz CT molecular complexity index is 2350. The van der Waals surface area contributed by atoms with Crippen molar-refractivity contribution < 1.29 is 9.53 Å². The van der Waals surface area contributed by atoms with E-state index in [2.05, 4.69) is 26.6 Å². The van der Waals surface area contributed by atoms with Gasteiger partial charge in [-0.3, -0.25) is 23.6 Å². The monoisotopic (exact) mass is 691 g/mol. The van der Waals surface area contributed by atoms with E-state index in [0.29, 0.717) is 34.0 Å². The maximum atomic E-state index is 13.2. The summed E-state index contributed by atoms with van der Waals surface area (Å²) in [4.78, 5) is 49.8. The van der Waals surface area contributed by atoms with Crippen molar-refractivity contribution in [3.05, 3.63) is 97.3 Å². The number of rotatable bonds is 6. The molecule has 2 aromatic carbocycles. The van der Waals surface area contributed by atoms with Gasteiger partial charge >= 0.3 is 5.69 Å². The fourth-order valence-electron chi connectivity index (χ4n) is 8.24. The number of aromatic nitrogens is 4. The quantitative estimate of drug-likeness (QED) is 0.242. The van der Waals surface area contributed by atoms with Crippen molar-refractivity contribution in [2.45, 2.75) is 50.6 Å². The molecule has 2 aliphatic heterocycles. The van der Waals surface area contributed by atoms with E-state index in [4.69, 9.17) is 21.3 Å². The lowest BCUT2D eigenvalue weighted by molar-refractivity contribution is -0.119. The Morgan fingerprint density at radius 2 is 1.78 bits per heavy atom. The molecule has 1 aliphatic carbocycles. The second kappa shape index (κ2) is 12.1. The van der Waals surface area contributed by atoms with Gasteiger partial charge in [-0.2, -0.15) is 0 Å². The molecule has 0 radical (unpaired) electrons. The van der Waals surface area contributed by atoms with Crippen LogP contribution in [-0.2, 0) is 25.3 Å². The van der Waals surface area contributed by atoms with Crippen molar-refractivity contribution in [2.75, 3.05) is 25.5 Å². The third kappa shape index (κ3) is 5.10. The largest absolute Gasteiger partial charge is 0.481 e. The average Bonchev–Trinajstić information content (AvgIpc) is 3.84. The van der Waals surface area contributed by atoms with E-state index < -0.39 is 11.2 Å². The maximum absolute atomic E-state index is 13.2. The first-order valence-corrected chi connectivity index (χ1v) is 17.3. The highest BCUT2D eigenvalue weighted by Crippen LogP contribution is 2.47. The summed E-state index contributed by atoms with van der Waals surface area (Å²) in [5, 5.41) is 7.51. The molecule has 3 aliphatic rings. The molecule has 0 unspecified atom stereocenters. The number of nitrogens with zero attached hydrogens (tertiary/aromatic N) is 5. The number of pyridine rings is 2. The SMILES string of the molecule is COc1nc(-c2cccc(-c3cccc(Nc4nccc5c4c(=O)n(C)c(=O)n5C)c3C)c2Cl)cc2c1[C@@H](N1CC[C@]3(CCC(=O)N3)C1)CC2. The van der Waals surface area contributed by atoms with Crippen LogP contribution >= 0.6 is 11.6 Å². The minimum absolute atomic E-state index is 0.109. The van der Waals surface area contributed by atoms with Crippen LogP contribution in [0.5, 0.6) is 5.88 Å². The van der Waals surface area contributed by atoms with Crippen LogP contribution in [0.1, 0.15) is 48.4 Å². The smallest absolute Gasteiger partial charge is 0.330 e. The first-order valence-electron chi connectivity index (χ1n) is 16.9. The number of nitrogens with one attached hydrogen (secondary N) is 2. The Morgan fingerprint density at radius 1 is 1.00 bits per heavy atom. The van der Waals surface area contributed by atoms with Gasteiger partial charge in [-0.05, 0) is 67.5 Å². The highest BCUT2D eigenvalue weighted by Gasteiger charge is 2.46. The number of aryl methyl sites for hydroxylation is 2. The second-order valence-corrected chi connectivity index (χ2v) is 14.1. The third-order valence-corrected chi connectivity index (χ3v) is 11.3. The summed E-state index contributed by atoms with van der Waals surface area (Å²) >= 11 is 7.24. The number of carbonyl (C=O) groups excluding carboxylic acids is 1. The Hall–Kier alpha value is -5.00. The lowest BCUT2D eigenvalue weighted by atomic mass is 9.96. The molecule has 5 aromatic rings. The van der Waals surface area contributed by atoms with Gasteiger partial charge in [-0.1, -0.05) is 41.9 Å². The van der Waals surface area contributed by atoms with Crippen molar-refractivity contribution in [1.82, 2.24) is 29.3 Å². The van der Waals surface area contributed by atoms with Crippen LogP contribution < -0.4 is 26.6 Å². The molecular weight excluding hydrogens is 654 g/mol. The van der Waals surface area contributed by atoms with Gasteiger partial charge in [0.15, 0.2) is 0 Å². The molecule has 50 heavy (non-hydrogen) atoms. The van der Waals surface area contributed by atoms with E-state index in [-0.39, 0.29) is 17.5 Å². The minimum Gasteiger partial charge on any atom is -0.481 e. The fraction of sp³-hybridized carbons (Fsp3) is 0.342. The summed E-state index contributed by atoms with van der Waals surface area (Å²) in [6.07, 6.45) is 5.93. The molecule has 2 atom stereocenters. The van der Waals surface area contributed by atoms with Gasteiger partial charge in [-0.15, -0.1) is 0 Å². The molecule has 0 bridgehead atoms. The third-order valence-electron chi connectivity index (χ3n) is 10.9. The summed E-state index contributed by atoms with van der Waals surface area (Å²) in [5.74, 6) is 1.14. The number of hydrogen-bond donors (Lipinski definition) is 2. The second-order valence-electron chi connectivity index (χ2n) is 13.7. The van der Waals surface area contributed by atoms with Crippen molar-refractivity contribution in [1.29, 1.82) is 0 Å². The van der Waals surface area contributed by atoms with E-state index in [9.17, 15) is 14.4 Å². The van der Waals surface area contributed by atoms with E-state index in [1.54, 1.807) is 26.4 Å².